The first-order chi connectivity index (χ1) is 15.4. The Morgan fingerprint density at radius 1 is 1.19 bits per heavy atom. The molecule has 0 saturated carbocycles. The van der Waals surface area contributed by atoms with E-state index in [1.165, 1.54) is 5.56 Å². The molecule has 0 atom stereocenters. The molecule has 0 spiro atoms. The minimum absolute atomic E-state index is 0.224. The fourth-order valence-electron chi connectivity index (χ4n) is 3.64. The van der Waals surface area contributed by atoms with Gasteiger partial charge in [0, 0.05) is 31.2 Å². The number of nitrogens with zero attached hydrogens (tertiary/aromatic N) is 1. The molecule has 32 heavy (non-hydrogen) atoms. The largest absolute Gasteiger partial charge is 0.492 e. The molecule has 0 bridgehead atoms. The molecule has 2 aromatic carbocycles. The Morgan fingerprint density at radius 3 is 2.56 bits per heavy atom. The monoisotopic (exact) mass is 517 g/mol. The maximum absolute atomic E-state index is 12.6. The van der Waals surface area contributed by atoms with Crippen LogP contribution < -0.4 is 15.4 Å². The summed E-state index contributed by atoms with van der Waals surface area (Å²) in [5.41, 5.74) is 1.87. The van der Waals surface area contributed by atoms with Gasteiger partial charge in [0.1, 0.15) is 5.75 Å². The molecule has 0 unspecified atom stereocenters. The van der Waals surface area contributed by atoms with Crippen molar-refractivity contribution in [3.8, 4) is 5.75 Å². The number of hydrogen-bond acceptors (Lipinski definition) is 4. The predicted octanol–water partition coefficient (Wildman–Crippen LogP) is 5.14. The molecule has 5 nitrogen and oxygen atoms in total. The zero-order valence-corrected chi connectivity index (χ0v) is 21.2. The molecular formula is C25H32BrN3O2S. The molecule has 1 amide bonds. The number of hydrogen-bond donors (Lipinski definition) is 2. The molecule has 2 aromatic rings. The smallest absolute Gasteiger partial charge is 0.257 e. The third-order valence-electron chi connectivity index (χ3n) is 5.55. The average Bonchev–Trinajstić information content (AvgIpc) is 2.76. The zero-order chi connectivity index (χ0) is 22.9. The first-order valence-corrected chi connectivity index (χ1v) is 12.4. The Hall–Kier alpha value is -1.96. The Morgan fingerprint density at radius 2 is 1.91 bits per heavy atom. The van der Waals surface area contributed by atoms with E-state index in [4.69, 9.17) is 17.0 Å². The van der Waals surface area contributed by atoms with E-state index in [2.05, 4.69) is 69.6 Å². The van der Waals surface area contributed by atoms with Gasteiger partial charge in [-0.3, -0.25) is 15.0 Å². The molecule has 1 saturated heterocycles. The maximum atomic E-state index is 12.6. The number of ether oxygens (including phenoxy) is 1. The van der Waals surface area contributed by atoms with Gasteiger partial charge in [0.2, 0.25) is 0 Å². The summed E-state index contributed by atoms with van der Waals surface area (Å²) in [6.45, 7) is 7.97. The van der Waals surface area contributed by atoms with E-state index in [0.717, 1.165) is 49.1 Å². The van der Waals surface area contributed by atoms with Gasteiger partial charge in [-0.15, -0.1) is 0 Å². The normalized spacial score (nSPS) is 14.9. The van der Waals surface area contributed by atoms with Crippen LogP contribution in [0.1, 0.15) is 49.0 Å². The second kappa shape index (κ2) is 12.3. The van der Waals surface area contributed by atoms with E-state index in [9.17, 15) is 4.79 Å². The molecule has 0 aromatic heterocycles. The maximum Gasteiger partial charge on any atom is 0.257 e. The van der Waals surface area contributed by atoms with Crippen LogP contribution in [0.3, 0.4) is 0 Å². The van der Waals surface area contributed by atoms with Crippen molar-refractivity contribution >= 4 is 39.2 Å². The summed E-state index contributed by atoms with van der Waals surface area (Å²) in [6.07, 6.45) is 2.98. The number of nitrogens with one attached hydrogen (secondary N) is 2. The summed E-state index contributed by atoms with van der Waals surface area (Å²) in [7, 11) is 0. The summed E-state index contributed by atoms with van der Waals surface area (Å²) in [4.78, 5) is 15.1. The van der Waals surface area contributed by atoms with Gasteiger partial charge in [-0.2, -0.15) is 0 Å². The first-order valence-electron chi connectivity index (χ1n) is 11.2. The average molecular weight is 519 g/mol. The summed E-state index contributed by atoms with van der Waals surface area (Å²) < 4.78 is 6.55. The lowest BCUT2D eigenvalue weighted by atomic mass is 10.0. The standard InChI is InChI=1S/C25H32BrN3O2S/c1-18(2)12-15-31-23-9-8-20(16-22(23)26)24(30)28-25(32)27-21-10-13-29(14-11-21)17-19-6-4-3-5-7-19/h3-9,16,18,21H,10-15,17H2,1-2H3,(H2,27,28,30,32). The Kier molecular flexibility index (Phi) is 9.51. The molecule has 0 aliphatic carbocycles. The van der Waals surface area contributed by atoms with Gasteiger partial charge in [0.05, 0.1) is 11.1 Å². The SMILES string of the molecule is CC(C)CCOc1ccc(C(=O)NC(=S)NC2CCN(Cc3ccccc3)CC2)cc1Br. The Balaban J connectivity index is 1.42. The van der Waals surface area contributed by atoms with Crippen LogP contribution in [0.5, 0.6) is 5.75 Å². The molecule has 1 heterocycles. The number of thiocarbonyl (C=S) groups is 1. The first kappa shape index (κ1) is 24.7. The van der Waals surface area contributed by atoms with Crippen LogP contribution in [0.2, 0.25) is 0 Å². The Bertz CT molecular complexity index is 899. The van der Waals surface area contributed by atoms with E-state index in [-0.39, 0.29) is 11.9 Å². The molecule has 0 radical (unpaired) electrons. The van der Waals surface area contributed by atoms with E-state index >= 15 is 0 Å². The third kappa shape index (κ3) is 7.87. The molecule has 3 rings (SSSR count). The highest BCUT2D eigenvalue weighted by Gasteiger charge is 2.20. The van der Waals surface area contributed by atoms with Crippen molar-refractivity contribution in [1.29, 1.82) is 0 Å². The lowest BCUT2D eigenvalue weighted by Gasteiger charge is -2.32. The van der Waals surface area contributed by atoms with Crippen LogP contribution in [0.15, 0.2) is 53.0 Å². The number of carbonyl (C=O) groups excluding carboxylic acids is 1. The van der Waals surface area contributed by atoms with Crippen LogP contribution in [-0.2, 0) is 6.54 Å². The van der Waals surface area contributed by atoms with Crippen molar-refractivity contribution in [2.75, 3.05) is 19.7 Å². The predicted molar refractivity (Wildman–Crippen MR) is 137 cm³/mol. The van der Waals surface area contributed by atoms with Crippen molar-refractivity contribution in [2.24, 2.45) is 5.92 Å². The topological polar surface area (TPSA) is 53.6 Å². The minimum Gasteiger partial charge on any atom is -0.492 e. The summed E-state index contributed by atoms with van der Waals surface area (Å²) in [5, 5.41) is 6.49. The van der Waals surface area contributed by atoms with Gasteiger partial charge in [0.15, 0.2) is 5.11 Å². The van der Waals surface area contributed by atoms with E-state index in [0.29, 0.717) is 23.2 Å². The number of amides is 1. The zero-order valence-electron chi connectivity index (χ0n) is 18.8. The second-order valence-corrected chi connectivity index (χ2v) is 9.90. The lowest BCUT2D eigenvalue weighted by molar-refractivity contribution is 0.0976. The second-order valence-electron chi connectivity index (χ2n) is 8.64. The molecule has 172 valence electrons. The highest BCUT2D eigenvalue weighted by atomic mass is 79.9. The minimum atomic E-state index is -0.224. The van der Waals surface area contributed by atoms with E-state index in [1.54, 1.807) is 12.1 Å². The fourth-order valence-corrected chi connectivity index (χ4v) is 4.39. The van der Waals surface area contributed by atoms with E-state index < -0.39 is 0 Å². The van der Waals surface area contributed by atoms with Gasteiger partial charge in [-0.05, 0) is 77.1 Å². The highest BCUT2D eigenvalue weighted by Crippen LogP contribution is 2.26. The van der Waals surface area contributed by atoms with Crippen molar-refractivity contribution < 1.29 is 9.53 Å². The van der Waals surface area contributed by atoms with Gasteiger partial charge >= 0.3 is 0 Å². The summed E-state index contributed by atoms with van der Waals surface area (Å²) in [6, 6.07) is 16.2. The molecule has 2 N–H and O–H groups in total. The fraction of sp³-hybridized carbons (Fsp3) is 0.440. The van der Waals surface area contributed by atoms with Crippen LogP contribution in [0.4, 0.5) is 0 Å². The van der Waals surface area contributed by atoms with Crippen LogP contribution in [-0.4, -0.2) is 41.7 Å². The molecule has 1 aliphatic heterocycles. The molecular weight excluding hydrogens is 486 g/mol. The summed E-state index contributed by atoms with van der Waals surface area (Å²) in [5.74, 6) is 1.10. The Labute approximate surface area is 205 Å². The highest BCUT2D eigenvalue weighted by molar-refractivity contribution is 9.10. The third-order valence-corrected chi connectivity index (χ3v) is 6.39. The molecule has 7 heteroatoms. The quantitative estimate of drug-likeness (QED) is 0.474. The number of piperidine rings is 1. The van der Waals surface area contributed by atoms with Crippen molar-refractivity contribution in [1.82, 2.24) is 15.5 Å². The van der Waals surface area contributed by atoms with Crippen molar-refractivity contribution in [3.63, 3.8) is 0 Å². The number of rotatable bonds is 8. The van der Waals surface area contributed by atoms with Crippen LogP contribution >= 0.6 is 28.1 Å². The molecule has 1 fully saturated rings. The van der Waals surface area contributed by atoms with Crippen molar-refractivity contribution in [2.45, 2.75) is 45.7 Å². The number of likely N-dealkylation sites (tertiary alicyclic amines) is 1. The lowest BCUT2D eigenvalue weighted by Crippen LogP contribution is -2.48. The summed E-state index contributed by atoms with van der Waals surface area (Å²) >= 11 is 8.89. The number of halogens is 1. The van der Waals surface area contributed by atoms with Gasteiger partial charge in [-0.1, -0.05) is 44.2 Å². The van der Waals surface area contributed by atoms with Crippen LogP contribution in [0, 0.1) is 5.92 Å². The number of benzene rings is 2. The van der Waals surface area contributed by atoms with Gasteiger partial charge < -0.3 is 10.1 Å². The van der Waals surface area contributed by atoms with E-state index in [1.807, 2.05) is 12.1 Å². The van der Waals surface area contributed by atoms with Crippen LogP contribution in [0.25, 0.3) is 0 Å². The number of carbonyl (C=O) groups is 1. The van der Waals surface area contributed by atoms with Gasteiger partial charge in [-0.25, -0.2) is 0 Å². The molecule has 1 aliphatic rings. The van der Waals surface area contributed by atoms with Crippen molar-refractivity contribution in [3.05, 3.63) is 64.1 Å². The van der Waals surface area contributed by atoms with Gasteiger partial charge in [0.25, 0.3) is 5.91 Å².